The molecule has 0 N–H and O–H groups in total. The summed E-state index contributed by atoms with van der Waals surface area (Å²) in [5, 5.41) is 1.18. The fourth-order valence-electron chi connectivity index (χ4n) is 2.14. The maximum Gasteiger partial charge on any atom is 0.243 e. The van der Waals surface area contributed by atoms with Crippen LogP contribution in [0.2, 0.25) is 19.6 Å². The van der Waals surface area contributed by atoms with E-state index in [4.69, 9.17) is 0 Å². The molecule has 2 aromatic rings. The average Bonchev–Trinajstić information content (AvgIpc) is 2.15. The van der Waals surface area contributed by atoms with Gasteiger partial charge in [0, 0.05) is 17.0 Å². The van der Waals surface area contributed by atoms with Crippen LogP contribution in [0.25, 0.3) is 10.9 Å². The number of aromatic nitrogens is 1. The van der Waals surface area contributed by atoms with Crippen LogP contribution in [0.3, 0.4) is 0 Å². The van der Waals surface area contributed by atoms with Gasteiger partial charge >= 0.3 is 0 Å². The lowest BCUT2D eigenvalue weighted by atomic mass is 10.1. The van der Waals surface area contributed by atoms with Crippen LogP contribution in [0, 0.1) is 6.92 Å². The number of aryl methyl sites for hydroxylation is 1. The summed E-state index contributed by atoms with van der Waals surface area (Å²) in [6, 6.07) is 9.90. The number of pyridine rings is 1. The van der Waals surface area contributed by atoms with Crippen LogP contribution in [-0.2, 0) is 0 Å². The van der Waals surface area contributed by atoms with Crippen molar-refractivity contribution in [2.45, 2.75) is 26.6 Å². The monoisotopic (exact) mass is 231 g/mol. The zero-order valence-corrected chi connectivity index (χ0v) is 11.2. The molecular weight excluding hydrogens is 214 g/mol. The Kier molecular flexibility index (Phi) is 2.50. The molecule has 2 nitrogen and oxygen atoms in total. The lowest BCUT2D eigenvalue weighted by molar-refractivity contribution is 1.10. The minimum absolute atomic E-state index is 0.135. The Labute approximate surface area is 96.6 Å². The van der Waals surface area contributed by atoms with Crippen molar-refractivity contribution in [1.29, 1.82) is 0 Å². The maximum atomic E-state index is 12.1. The van der Waals surface area contributed by atoms with Crippen molar-refractivity contribution in [1.82, 2.24) is 4.23 Å². The van der Waals surface area contributed by atoms with E-state index in [9.17, 15) is 4.79 Å². The second kappa shape index (κ2) is 3.59. The smallest absolute Gasteiger partial charge is 0.243 e. The largest absolute Gasteiger partial charge is 0.337 e. The van der Waals surface area contributed by atoms with E-state index in [1.165, 1.54) is 5.39 Å². The molecule has 0 radical (unpaired) electrons. The molecule has 0 saturated heterocycles. The summed E-state index contributed by atoms with van der Waals surface area (Å²) < 4.78 is 2.00. The number of hydrogen-bond acceptors (Lipinski definition) is 1. The minimum atomic E-state index is -1.66. The molecule has 84 valence electrons. The number of para-hydroxylation sites is 1. The lowest BCUT2D eigenvalue weighted by Crippen LogP contribution is -2.41. The van der Waals surface area contributed by atoms with Gasteiger partial charge in [-0.2, -0.15) is 0 Å². The molecule has 16 heavy (non-hydrogen) atoms. The molecule has 1 aromatic heterocycles. The molecule has 0 fully saturated rings. The third-order valence-corrected chi connectivity index (χ3v) is 4.60. The molecule has 0 aliphatic carbocycles. The third-order valence-electron chi connectivity index (χ3n) is 2.80. The van der Waals surface area contributed by atoms with Crippen LogP contribution in [0.15, 0.2) is 35.1 Å². The summed E-state index contributed by atoms with van der Waals surface area (Å²) in [6.45, 7) is 8.57. The van der Waals surface area contributed by atoms with Crippen molar-refractivity contribution in [2.24, 2.45) is 0 Å². The van der Waals surface area contributed by atoms with E-state index in [-0.39, 0.29) is 5.56 Å². The number of benzene rings is 1. The number of rotatable bonds is 1. The van der Waals surface area contributed by atoms with E-state index in [0.717, 1.165) is 11.1 Å². The van der Waals surface area contributed by atoms with Crippen molar-refractivity contribution in [3.05, 3.63) is 46.2 Å². The molecule has 0 amide bonds. The first kappa shape index (κ1) is 11.1. The van der Waals surface area contributed by atoms with E-state index in [2.05, 4.69) is 25.7 Å². The first-order valence-electron chi connectivity index (χ1n) is 5.53. The average molecular weight is 231 g/mol. The van der Waals surface area contributed by atoms with E-state index in [0.29, 0.717) is 0 Å². The lowest BCUT2D eigenvalue weighted by Gasteiger charge is -2.23. The minimum Gasteiger partial charge on any atom is -0.337 e. The fourth-order valence-corrected chi connectivity index (χ4v) is 3.78. The van der Waals surface area contributed by atoms with Crippen molar-refractivity contribution in [3.63, 3.8) is 0 Å². The van der Waals surface area contributed by atoms with Gasteiger partial charge in [0.15, 0.2) is 8.24 Å². The second-order valence-electron chi connectivity index (χ2n) is 5.19. The van der Waals surface area contributed by atoms with Gasteiger partial charge < -0.3 is 4.23 Å². The van der Waals surface area contributed by atoms with Crippen LogP contribution in [-0.4, -0.2) is 12.5 Å². The number of nitrogens with zero attached hydrogens (tertiary/aromatic N) is 1. The molecule has 2 rings (SSSR count). The summed E-state index contributed by atoms with van der Waals surface area (Å²) in [4.78, 5) is 12.1. The molecule has 3 heteroatoms. The van der Waals surface area contributed by atoms with Gasteiger partial charge in [-0.25, -0.2) is 0 Å². The Balaban J connectivity index is 2.99. The van der Waals surface area contributed by atoms with Crippen molar-refractivity contribution in [2.75, 3.05) is 0 Å². The van der Waals surface area contributed by atoms with Crippen LogP contribution in [0.5, 0.6) is 0 Å². The first-order valence-corrected chi connectivity index (χ1v) is 8.98. The zero-order valence-electron chi connectivity index (χ0n) is 10.2. The Morgan fingerprint density at radius 2 is 1.75 bits per heavy atom. The van der Waals surface area contributed by atoms with Crippen molar-refractivity contribution < 1.29 is 0 Å². The Hall–Kier alpha value is -1.35. The summed E-state index contributed by atoms with van der Waals surface area (Å²) >= 11 is 0. The molecule has 1 aromatic carbocycles. The highest BCUT2D eigenvalue weighted by molar-refractivity contribution is 6.75. The summed E-state index contributed by atoms with van der Waals surface area (Å²) in [6.07, 6.45) is 0. The Morgan fingerprint density at radius 1 is 1.12 bits per heavy atom. The van der Waals surface area contributed by atoms with Gasteiger partial charge in [-0.1, -0.05) is 37.8 Å². The summed E-state index contributed by atoms with van der Waals surface area (Å²) in [7, 11) is -1.66. The maximum absolute atomic E-state index is 12.1. The van der Waals surface area contributed by atoms with Gasteiger partial charge in [-0.05, 0) is 18.6 Å². The molecule has 1 heterocycles. The first-order chi connectivity index (χ1) is 7.41. The molecule has 0 aliphatic rings. The molecule has 0 atom stereocenters. The quantitative estimate of drug-likeness (QED) is 0.692. The topological polar surface area (TPSA) is 22.0 Å². The third kappa shape index (κ3) is 1.71. The molecule has 0 bridgehead atoms. The van der Waals surface area contributed by atoms with Crippen molar-refractivity contribution >= 4 is 19.1 Å². The second-order valence-corrected chi connectivity index (χ2v) is 9.98. The predicted octanol–water partition coefficient (Wildman–Crippen LogP) is 2.99. The number of fused-ring (bicyclic) bond motifs is 1. The van der Waals surface area contributed by atoms with Gasteiger partial charge in [0.25, 0.3) is 0 Å². The van der Waals surface area contributed by atoms with Crippen LogP contribution >= 0.6 is 0 Å². The van der Waals surface area contributed by atoms with Gasteiger partial charge in [0.2, 0.25) is 5.56 Å². The van der Waals surface area contributed by atoms with Gasteiger partial charge in [0.05, 0.1) is 0 Å². The van der Waals surface area contributed by atoms with E-state index in [1.54, 1.807) is 6.07 Å². The Bertz CT molecular complexity index is 593. The summed E-state index contributed by atoms with van der Waals surface area (Å²) in [5.41, 5.74) is 2.28. The summed E-state index contributed by atoms with van der Waals surface area (Å²) in [5.74, 6) is 0. The van der Waals surface area contributed by atoms with E-state index in [1.807, 2.05) is 29.4 Å². The molecule has 0 spiro atoms. The highest BCUT2D eigenvalue weighted by Gasteiger charge is 2.20. The number of hydrogen-bond donors (Lipinski definition) is 0. The highest BCUT2D eigenvalue weighted by Crippen LogP contribution is 2.18. The molecular formula is C13H17NOSi. The molecule has 0 unspecified atom stereocenters. The van der Waals surface area contributed by atoms with Crippen LogP contribution in [0.4, 0.5) is 0 Å². The van der Waals surface area contributed by atoms with Gasteiger partial charge in [-0.15, -0.1) is 0 Å². The van der Waals surface area contributed by atoms with Crippen molar-refractivity contribution in [3.8, 4) is 0 Å². The predicted molar refractivity (Wildman–Crippen MR) is 71.7 cm³/mol. The molecule has 0 saturated carbocycles. The van der Waals surface area contributed by atoms with Gasteiger partial charge in [-0.3, -0.25) is 4.79 Å². The zero-order chi connectivity index (χ0) is 11.9. The van der Waals surface area contributed by atoms with Crippen LogP contribution in [0.1, 0.15) is 5.56 Å². The standard InChI is InChI=1S/C13H17NOSi/c1-10-9-13(15)14(16(2,3)4)12-8-6-5-7-11(10)12/h5-9H,1-4H3. The van der Waals surface area contributed by atoms with Crippen LogP contribution < -0.4 is 5.56 Å². The Morgan fingerprint density at radius 3 is 2.38 bits per heavy atom. The van der Waals surface area contributed by atoms with E-state index < -0.39 is 8.24 Å². The SMILES string of the molecule is Cc1cc(=O)n([Si](C)(C)C)c2ccccc12. The fraction of sp³-hybridized carbons (Fsp3) is 0.308. The van der Waals surface area contributed by atoms with Gasteiger partial charge in [0.1, 0.15) is 0 Å². The molecule has 0 aliphatic heterocycles. The highest BCUT2D eigenvalue weighted by atomic mass is 28.3. The normalized spacial score (nSPS) is 12.0. The van der Waals surface area contributed by atoms with E-state index >= 15 is 0 Å².